The number of carbonyl (C=O) groups is 1. The molecule has 0 saturated carbocycles. The van der Waals surface area contributed by atoms with Gasteiger partial charge in [0.15, 0.2) is 0 Å². The summed E-state index contributed by atoms with van der Waals surface area (Å²) in [6.45, 7) is 10.6. The summed E-state index contributed by atoms with van der Waals surface area (Å²) in [6, 6.07) is -0.117. The summed E-state index contributed by atoms with van der Waals surface area (Å²) in [5, 5.41) is 2.85. The maximum atomic E-state index is 11.8. The van der Waals surface area contributed by atoms with Crippen LogP contribution in [0, 0.1) is 0 Å². The number of unbranched alkanes of at least 4 members (excludes halogenated alkanes) is 2. The second-order valence-electron chi connectivity index (χ2n) is 6.09. The van der Waals surface area contributed by atoms with E-state index in [1.54, 1.807) is 6.20 Å². The molecule has 1 amide bonds. The van der Waals surface area contributed by atoms with Crippen LogP contribution in [-0.2, 0) is 11.3 Å². The van der Waals surface area contributed by atoms with Crippen molar-refractivity contribution in [3.63, 3.8) is 0 Å². The van der Waals surface area contributed by atoms with E-state index in [1.807, 2.05) is 34.0 Å². The SMILES string of the molecule is CCCCCn1cncc1[C@@H](C)NC(=O)OC(C)(C)C. The number of hydrogen-bond acceptors (Lipinski definition) is 3. The first-order chi connectivity index (χ1) is 9.33. The van der Waals surface area contributed by atoms with Crippen LogP contribution in [0.15, 0.2) is 12.5 Å². The average Bonchev–Trinajstić information content (AvgIpc) is 2.75. The Balaban J connectivity index is 2.57. The second kappa shape index (κ2) is 7.31. The van der Waals surface area contributed by atoms with Gasteiger partial charge in [-0.05, 0) is 34.1 Å². The van der Waals surface area contributed by atoms with Gasteiger partial charge in [0.05, 0.1) is 24.3 Å². The fourth-order valence-corrected chi connectivity index (χ4v) is 1.97. The summed E-state index contributed by atoms with van der Waals surface area (Å²) < 4.78 is 7.36. The summed E-state index contributed by atoms with van der Waals surface area (Å²) in [5.74, 6) is 0. The van der Waals surface area contributed by atoms with Gasteiger partial charge in [0.1, 0.15) is 5.60 Å². The molecule has 0 fully saturated rings. The molecular formula is C15H27N3O2. The molecule has 0 radical (unpaired) electrons. The van der Waals surface area contributed by atoms with E-state index < -0.39 is 11.7 Å². The minimum atomic E-state index is -0.481. The first-order valence-corrected chi connectivity index (χ1v) is 7.33. The summed E-state index contributed by atoms with van der Waals surface area (Å²) >= 11 is 0. The third kappa shape index (κ3) is 5.63. The third-order valence-corrected chi connectivity index (χ3v) is 2.92. The van der Waals surface area contributed by atoms with Crippen LogP contribution in [0.1, 0.15) is 65.6 Å². The molecule has 114 valence electrons. The van der Waals surface area contributed by atoms with Gasteiger partial charge in [0.25, 0.3) is 0 Å². The number of rotatable bonds is 6. The highest BCUT2D eigenvalue weighted by atomic mass is 16.6. The molecule has 0 aliphatic heterocycles. The molecule has 1 aromatic heterocycles. The van der Waals surface area contributed by atoms with Gasteiger partial charge in [0.2, 0.25) is 0 Å². The summed E-state index contributed by atoms with van der Waals surface area (Å²) in [4.78, 5) is 15.9. The molecular weight excluding hydrogens is 254 g/mol. The van der Waals surface area contributed by atoms with E-state index in [1.165, 1.54) is 12.8 Å². The van der Waals surface area contributed by atoms with Crippen LogP contribution >= 0.6 is 0 Å². The Kier molecular flexibility index (Phi) is 6.05. The number of imidazole rings is 1. The van der Waals surface area contributed by atoms with Crippen molar-refractivity contribution >= 4 is 6.09 Å². The van der Waals surface area contributed by atoms with Crippen molar-refractivity contribution in [2.24, 2.45) is 0 Å². The maximum absolute atomic E-state index is 11.8. The predicted molar refractivity (Wildman–Crippen MR) is 79.5 cm³/mol. The Bertz CT molecular complexity index is 421. The van der Waals surface area contributed by atoms with E-state index in [2.05, 4.69) is 21.8 Å². The van der Waals surface area contributed by atoms with E-state index >= 15 is 0 Å². The molecule has 0 spiro atoms. The highest BCUT2D eigenvalue weighted by Crippen LogP contribution is 2.14. The van der Waals surface area contributed by atoms with Gasteiger partial charge in [-0.25, -0.2) is 9.78 Å². The molecule has 20 heavy (non-hydrogen) atoms. The number of alkyl carbamates (subject to hydrolysis) is 1. The average molecular weight is 281 g/mol. The van der Waals surface area contributed by atoms with Crippen molar-refractivity contribution in [1.82, 2.24) is 14.9 Å². The molecule has 0 saturated heterocycles. The molecule has 1 N–H and O–H groups in total. The minimum absolute atomic E-state index is 0.117. The van der Waals surface area contributed by atoms with Gasteiger partial charge in [-0.3, -0.25) is 0 Å². The monoisotopic (exact) mass is 281 g/mol. The fraction of sp³-hybridized carbons (Fsp3) is 0.733. The van der Waals surface area contributed by atoms with Crippen molar-refractivity contribution in [2.75, 3.05) is 0 Å². The molecule has 1 heterocycles. The third-order valence-electron chi connectivity index (χ3n) is 2.92. The lowest BCUT2D eigenvalue weighted by Crippen LogP contribution is -2.34. The van der Waals surface area contributed by atoms with Gasteiger partial charge in [-0.15, -0.1) is 0 Å². The van der Waals surface area contributed by atoms with Crippen LogP contribution in [0.2, 0.25) is 0 Å². The number of hydrogen-bond donors (Lipinski definition) is 1. The predicted octanol–water partition coefficient (Wildman–Crippen LogP) is 3.66. The molecule has 5 nitrogen and oxygen atoms in total. The Hall–Kier alpha value is -1.52. The molecule has 0 unspecified atom stereocenters. The first kappa shape index (κ1) is 16.5. The smallest absolute Gasteiger partial charge is 0.408 e. The van der Waals surface area contributed by atoms with Crippen LogP contribution in [0.25, 0.3) is 0 Å². The number of nitrogens with one attached hydrogen (secondary N) is 1. The number of aromatic nitrogens is 2. The number of ether oxygens (including phenoxy) is 1. The zero-order valence-corrected chi connectivity index (χ0v) is 13.3. The Morgan fingerprint density at radius 2 is 2.15 bits per heavy atom. The van der Waals surface area contributed by atoms with E-state index in [9.17, 15) is 4.79 Å². The Morgan fingerprint density at radius 3 is 2.75 bits per heavy atom. The lowest BCUT2D eigenvalue weighted by Gasteiger charge is -2.22. The van der Waals surface area contributed by atoms with Gasteiger partial charge in [-0.1, -0.05) is 19.8 Å². The zero-order chi connectivity index (χ0) is 15.2. The largest absolute Gasteiger partial charge is 0.444 e. The standard InChI is InChI=1S/C15H27N3O2/c1-6-7-8-9-18-11-16-10-13(18)12(2)17-14(19)20-15(3,4)5/h10-12H,6-9H2,1-5H3,(H,17,19)/t12-/m1/s1. The van der Waals surface area contributed by atoms with E-state index in [-0.39, 0.29) is 6.04 Å². The van der Waals surface area contributed by atoms with Crippen LogP contribution in [0.4, 0.5) is 4.79 Å². The van der Waals surface area contributed by atoms with Crippen LogP contribution in [0.3, 0.4) is 0 Å². The second-order valence-corrected chi connectivity index (χ2v) is 6.09. The normalized spacial score (nSPS) is 13.1. The first-order valence-electron chi connectivity index (χ1n) is 7.33. The molecule has 0 aliphatic rings. The molecule has 0 bridgehead atoms. The topological polar surface area (TPSA) is 56.2 Å². The molecule has 1 rings (SSSR count). The van der Waals surface area contributed by atoms with Crippen LogP contribution in [-0.4, -0.2) is 21.2 Å². The van der Waals surface area contributed by atoms with Gasteiger partial charge in [0, 0.05) is 6.54 Å². The van der Waals surface area contributed by atoms with Crippen molar-refractivity contribution < 1.29 is 9.53 Å². The Morgan fingerprint density at radius 1 is 1.45 bits per heavy atom. The lowest BCUT2D eigenvalue weighted by atomic mass is 10.2. The quantitative estimate of drug-likeness (QED) is 0.810. The zero-order valence-electron chi connectivity index (χ0n) is 13.3. The molecule has 1 aromatic rings. The highest BCUT2D eigenvalue weighted by molar-refractivity contribution is 5.68. The van der Waals surface area contributed by atoms with Crippen LogP contribution in [0.5, 0.6) is 0 Å². The molecule has 1 atom stereocenters. The van der Waals surface area contributed by atoms with Crippen LogP contribution < -0.4 is 5.32 Å². The minimum Gasteiger partial charge on any atom is -0.444 e. The van der Waals surface area contributed by atoms with E-state index in [0.717, 1.165) is 18.7 Å². The summed E-state index contributed by atoms with van der Waals surface area (Å²) in [6.07, 6.45) is 6.73. The number of aryl methyl sites for hydroxylation is 1. The highest BCUT2D eigenvalue weighted by Gasteiger charge is 2.19. The van der Waals surface area contributed by atoms with Crippen molar-refractivity contribution in [3.05, 3.63) is 18.2 Å². The van der Waals surface area contributed by atoms with E-state index in [0.29, 0.717) is 0 Å². The summed E-state index contributed by atoms with van der Waals surface area (Å²) in [7, 11) is 0. The van der Waals surface area contributed by atoms with Crippen molar-refractivity contribution in [3.8, 4) is 0 Å². The van der Waals surface area contributed by atoms with Crippen molar-refractivity contribution in [1.29, 1.82) is 0 Å². The number of nitrogens with zero attached hydrogens (tertiary/aromatic N) is 2. The number of carbonyl (C=O) groups excluding carboxylic acids is 1. The fourth-order valence-electron chi connectivity index (χ4n) is 1.97. The molecule has 0 aromatic carbocycles. The maximum Gasteiger partial charge on any atom is 0.408 e. The van der Waals surface area contributed by atoms with Gasteiger partial charge in [-0.2, -0.15) is 0 Å². The lowest BCUT2D eigenvalue weighted by molar-refractivity contribution is 0.0506. The molecule has 0 aliphatic carbocycles. The van der Waals surface area contributed by atoms with Gasteiger partial charge >= 0.3 is 6.09 Å². The van der Waals surface area contributed by atoms with E-state index in [4.69, 9.17) is 4.74 Å². The molecule has 5 heteroatoms. The summed E-state index contributed by atoms with van der Waals surface area (Å²) in [5.41, 5.74) is 0.525. The number of amides is 1. The van der Waals surface area contributed by atoms with Gasteiger partial charge < -0.3 is 14.6 Å². The Labute approximate surface area is 121 Å². The van der Waals surface area contributed by atoms with Crippen molar-refractivity contribution in [2.45, 2.75) is 72.1 Å².